The third-order valence-corrected chi connectivity index (χ3v) is 13.8. The zero-order chi connectivity index (χ0) is 31.4. The molecular formula is C32H54N5O5PSi. The maximum atomic E-state index is 12.3. The molecule has 12 heteroatoms. The smallest absolute Gasteiger partial charge is 0.353 e. The molecule has 2 aromatic heterocycles. The number of nitrogens with two attached hydrogens (primary N) is 1. The van der Waals surface area contributed by atoms with Gasteiger partial charge in [-0.2, -0.15) is 0 Å². The number of rotatable bonds is 20. The first kappa shape index (κ1) is 35.1. The molecule has 0 saturated heterocycles. The fourth-order valence-electron chi connectivity index (χ4n) is 6.95. The molecule has 2 saturated carbocycles. The van der Waals surface area contributed by atoms with E-state index in [4.69, 9.17) is 19.7 Å². The molecule has 0 amide bonds. The number of imidazole rings is 1. The summed E-state index contributed by atoms with van der Waals surface area (Å²) in [5.74, 6) is 5.92. The van der Waals surface area contributed by atoms with Gasteiger partial charge in [-0.25, -0.2) is 15.0 Å². The summed E-state index contributed by atoms with van der Waals surface area (Å²) in [6, 6.07) is 0. The van der Waals surface area contributed by atoms with E-state index < -0.39 is 22.0 Å². The van der Waals surface area contributed by atoms with Crippen molar-refractivity contribution in [1.29, 1.82) is 0 Å². The standard InChI is InChI=1S/C32H54N5O5PSi/c1-26(22-37-24-36-30-31(33)34-23-35-32(30)37)41-25-43(38,39)42-18-17-40-16-12-10-8-6-4-5-7-9-11-13-19-44(2,3)29-21-27-14-15-28(29)20-27/h23-24,26-29H,4-12,14-18,20-22,25H2,1-3H3,(H,38,39)(H2,33,34,35)/t26-,27?,28?,29?/m1/s1. The second-order valence-electron chi connectivity index (χ2n) is 13.4. The lowest BCUT2D eigenvalue weighted by Crippen LogP contribution is -2.34. The number of hydrogen-bond acceptors (Lipinski definition) is 8. The molecule has 2 bridgehead atoms. The zero-order valence-electron chi connectivity index (χ0n) is 27.1. The Morgan fingerprint density at radius 3 is 2.52 bits per heavy atom. The highest BCUT2D eigenvalue weighted by atomic mass is 31.2. The molecule has 5 atom stereocenters. The number of anilines is 1. The van der Waals surface area contributed by atoms with E-state index in [0.717, 1.165) is 36.6 Å². The van der Waals surface area contributed by atoms with Gasteiger partial charge in [0.05, 0.1) is 32.2 Å². The number of fused-ring (bicyclic) bond motifs is 3. The highest BCUT2D eigenvalue weighted by Crippen LogP contribution is 2.55. The molecule has 10 nitrogen and oxygen atoms in total. The van der Waals surface area contributed by atoms with E-state index in [1.807, 2.05) is 0 Å². The molecule has 246 valence electrons. The Hall–Kier alpha value is -1.80. The summed E-state index contributed by atoms with van der Waals surface area (Å²) in [5.41, 5.74) is 11.7. The molecule has 2 aliphatic carbocycles. The minimum Gasteiger partial charge on any atom is -0.382 e. The predicted octanol–water partition coefficient (Wildman–Crippen LogP) is 6.94. The zero-order valence-corrected chi connectivity index (χ0v) is 29.0. The number of unbranched alkanes of at least 4 members (excludes halogenated alkanes) is 8. The van der Waals surface area contributed by atoms with E-state index in [0.29, 0.717) is 30.1 Å². The molecule has 2 aromatic rings. The summed E-state index contributed by atoms with van der Waals surface area (Å²) in [5, 5.41) is 0. The Morgan fingerprint density at radius 1 is 1.05 bits per heavy atom. The highest BCUT2D eigenvalue weighted by Gasteiger charge is 2.46. The quantitative estimate of drug-likeness (QED) is 0.0678. The minimum atomic E-state index is -3.87. The highest BCUT2D eigenvalue weighted by molar-refractivity contribution is 7.52. The van der Waals surface area contributed by atoms with E-state index in [9.17, 15) is 9.46 Å². The van der Waals surface area contributed by atoms with Gasteiger partial charge in [0.25, 0.3) is 0 Å². The second-order valence-corrected chi connectivity index (χ2v) is 19.6. The van der Waals surface area contributed by atoms with Crippen LogP contribution in [0.4, 0.5) is 5.82 Å². The molecule has 2 aliphatic rings. The van der Waals surface area contributed by atoms with E-state index in [2.05, 4.69) is 39.5 Å². The summed E-state index contributed by atoms with van der Waals surface area (Å²) in [6.07, 6.45) is 19.0. The van der Waals surface area contributed by atoms with Crippen LogP contribution in [0, 0.1) is 23.3 Å². The van der Waals surface area contributed by atoms with Crippen molar-refractivity contribution in [3.05, 3.63) is 12.7 Å². The fraction of sp³-hybridized carbons (Fsp3) is 0.781. The maximum absolute atomic E-state index is 12.3. The number of nitrogens with zero attached hydrogens (tertiary/aromatic N) is 4. The minimum absolute atomic E-state index is 0.0551. The largest absolute Gasteiger partial charge is 0.382 e. The molecule has 4 unspecified atom stereocenters. The Labute approximate surface area is 264 Å². The van der Waals surface area contributed by atoms with Crippen molar-refractivity contribution in [3.8, 4) is 11.5 Å². The molecule has 0 aliphatic heterocycles. The van der Waals surface area contributed by atoms with E-state index in [1.54, 1.807) is 17.8 Å². The summed E-state index contributed by atoms with van der Waals surface area (Å²) in [7, 11) is -5.25. The van der Waals surface area contributed by atoms with Crippen LogP contribution >= 0.6 is 7.60 Å². The Kier molecular flexibility index (Phi) is 13.7. The van der Waals surface area contributed by atoms with Gasteiger partial charge in [0.2, 0.25) is 0 Å². The van der Waals surface area contributed by atoms with E-state index in [1.165, 1.54) is 70.5 Å². The van der Waals surface area contributed by atoms with E-state index in [-0.39, 0.29) is 19.3 Å². The van der Waals surface area contributed by atoms with Gasteiger partial charge in [-0.05, 0) is 50.0 Å². The summed E-state index contributed by atoms with van der Waals surface area (Å²) >= 11 is 0. The van der Waals surface area contributed by atoms with Crippen LogP contribution in [0.25, 0.3) is 11.2 Å². The Balaban J connectivity index is 0.927. The van der Waals surface area contributed by atoms with Crippen LogP contribution in [0.3, 0.4) is 0 Å². The van der Waals surface area contributed by atoms with Crippen molar-refractivity contribution in [2.45, 2.75) is 122 Å². The molecule has 0 aromatic carbocycles. The second kappa shape index (κ2) is 17.2. The first-order valence-electron chi connectivity index (χ1n) is 16.7. The van der Waals surface area contributed by atoms with Gasteiger partial charge in [-0.1, -0.05) is 64.5 Å². The Bertz CT molecular complexity index is 1280. The molecule has 3 N–H and O–H groups in total. The molecule has 44 heavy (non-hydrogen) atoms. The van der Waals surface area contributed by atoms with Crippen molar-refractivity contribution in [1.82, 2.24) is 19.5 Å². The third-order valence-electron chi connectivity index (χ3n) is 9.34. The molecule has 0 radical (unpaired) electrons. The van der Waals surface area contributed by atoms with Crippen LogP contribution in [-0.4, -0.2) is 64.8 Å². The molecule has 4 rings (SSSR count). The SMILES string of the molecule is C[C@H](Cn1cnc2c(N)ncnc21)OCP(=O)(O)OCCOCCCCCCCCCCC#C[Si](C)(C)C1CC2CCC1C2. The number of ether oxygens (including phenoxy) is 2. The lowest BCUT2D eigenvalue weighted by Gasteiger charge is -2.31. The van der Waals surface area contributed by atoms with Crippen molar-refractivity contribution >= 4 is 32.7 Å². The summed E-state index contributed by atoms with van der Waals surface area (Å²) in [4.78, 5) is 22.4. The van der Waals surface area contributed by atoms with Crippen LogP contribution in [-0.2, 0) is 25.1 Å². The van der Waals surface area contributed by atoms with Gasteiger partial charge >= 0.3 is 7.60 Å². The molecule has 0 spiro atoms. The number of aromatic nitrogens is 4. The van der Waals surface area contributed by atoms with Crippen molar-refractivity contribution < 1.29 is 23.5 Å². The van der Waals surface area contributed by atoms with Crippen molar-refractivity contribution in [3.63, 3.8) is 0 Å². The van der Waals surface area contributed by atoms with Crippen LogP contribution < -0.4 is 5.73 Å². The molecular weight excluding hydrogens is 593 g/mol. The first-order valence-corrected chi connectivity index (χ1v) is 21.6. The van der Waals surface area contributed by atoms with Gasteiger partial charge in [0, 0.05) is 13.0 Å². The lowest BCUT2D eigenvalue weighted by atomic mass is 10.0. The average molecular weight is 648 g/mol. The topological polar surface area (TPSA) is 135 Å². The van der Waals surface area contributed by atoms with Gasteiger partial charge < -0.3 is 29.2 Å². The summed E-state index contributed by atoms with van der Waals surface area (Å²) in [6.45, 7) is 8.20. The lowest BCUT2D eigenvalue weighted by molar-refractivity contribution is 0.0610. The van der Waals surface area contributed by atoms with Crippen LogP contribution in [0.5, 0.6) is 0 Å². The van der Waals surface area contributed by atoms with Gasteiger partial charge in [-0.15, -0.1) is 11.5 Å². The summed E-state index contributed by atoms with van der Waals surface area (Å²) < 4.78 is 30.4. The molecule has 2 heterocycles. The molecule has 2 fully saturated rings. The third kappa shape index (κ3) is 10.9. The van der Waals surface area contributed by atoms with Gasteiger partial charge in [-0.3, -0.25) is 4.57 Å². The van der Waals surface area contributed by atoms with E-state index >= 15 is 0 Å². The van der Waals surface area contributed by atoms with Crippen LogP contribution in [0.15, 0.2) is 12.7 Å². The maximum Gasteiger partial charge on any atom is 0.353 e. The van der Waals surface area contributed by atoms with Crippen LogP contribution in [0.1, 0.15) is 90.4 Å². The fourth-order valence-corrected chi connectivity index (χ4v) is 11.0. The monoisotopic (exact) mass is 647 g/mol. The van der Waals surface area contributed by atoms with Crippen LogP contribution in [0.2, 0.25) is 18.6 Å². The van der Waals surface area contributed by atoms with Gasteiger partial charge in [0.15, 0.2) is 11.5 Å². The number of hydrogen-bond donors (Lipinski definition) is 2. The average Bonchev–Trinajstić information content (AvgIpc) is 3.73. The Morgan fingerprint density at radius 2 is 1.80 bits per heavy atom. The number of nitrogen functional groups attached to an aromatic ring is 1. The predicted molar refractivity (Wildman–Crippen MR) is 178 cm³/mol. The van der Waals surface area contributed by atoms with Gasteiger partial charge in [0.1, 0.15) is 26.3 Å². The van der Waals surface area contributed by atoms with Crippen molar-refractivity contribution in [2.75, 3.05) is 31.9 Å². The first-order chi connectivity index (χ1) is 21.1. The van der Waals surface area contributed by atoms with Crippen molar-refractivity contribution in [2.24, 2.45) is 11.8 Å². The normalized spacial score (nSPS) is 21.8.